The molecule has 3 aliphatic rings. The van der Waals surface area contributed by atoms with E-state index in [0.29, 0.717) is 11.8 Å². The van der Waals surface area contributed by atoms with Gasteiger partial charge in [-0.25, -0.2) is 0 Å². The van der Waals surface area contributed by atoms with Gasteiger partial charge in [0.2, 0.25) is 5.91 Å². The minimum absolute atomic E-state index is 0.0746. The number of para-hydroxylation sites is 1. The molecule has 5 nitrogen and oxygen atoms in total. The Morgan fingerprint density at radius 1 is 1.08 bits per heavy atom. The molecule has 0 spiro atoms. The number of carbonyl (C=O) groups is 2. The summed E-state index contributed by atoms with van der Waals surface area (Å²) >= 11 is 0. The predicted octanol–water partition coefficient (Wildman–Crippen LogP) is 2.70. The van der Waals surface area contributed by atoms with Crippen LogP contribution >= 0.6 is 0 Å². The van der Waals surface area contributed by atoms with E-state index in [0.717, 1.165) is 57.5 Å². The van der Waals surface area contributed by atoms with Crippen LogP contribution in [0, 0.1) is 11.8 Å². The zero-order valence-corrected chi connectivity index (χ0v) is 15.5. The summed E-state index contributed by atoms with van der Waals surface area (Å²) in [6, 6.07) is 9.77. The first-order valence-electron chi connectivity index (χ1n) is 9.94. The molecule has 1 aromatic rings. The Labute approximate surface area is 155 Å². The molecule has 0 radical (unpaired) electrons. The van der Waals surface area contributed by atoms with Crippen LogP contribution in [0.2, 0.25) is 0 Å². The molecule has 1 aromatic carbocycles. The molecule has 4 rings (SSSR count). The SMILES string of the molecule is C[C@H](Oc1ccccc1)C(=O)N1CCC[C@@H]2CN(C(=O)C3CC3)CC[C@@H]21. The van der Waals surface area contributed by atoms with E-state index in [2.05, 4.69) is 4.90 Å². The van der Waals surface area contributed by atoms with Crippen molar-refractivity contribution in [1.82, 2.24) is 9.80 Å². The van der Waals surface area contributed by atoms with Crippen molar-refractivity contribution in [2.75, 3.05) is 19.6 Å². The molecule has 3 fully saturated rings. The van der Waals surface area contributed by atoms with Gasteiger partial charge in [-0.3, -0.25) is 9.59 Å². The van der Waals surface area contributed by atoms with E-state index in [4.69, 9.17) is 4.74 Å². The number of ether oxygens (including phenoxy) is 1. The molecule has 2 amide bonds. The average molecular weight is 356 g/mol. The van der Waals surface area contributed by atoms with Gasteiger partial charge in [-0.1, -0.05) is 18.2 Å². The van der Waals surface area contributed by atoms with Crippen LogP contribution in [0.25, 0.3) is 0 Å². The molecule has 3 atom stereocenters. The lowest BCUT2D eigenvalue weighted by Crippen LogP contribution is -2.58. The van der Waals surface area contributed by atoms with Gasteiger partial charge < -0.3 is 14.5 Å². The quantitative estimate of drug-likeness (QED) is 0.833. The first-order chi connectivity index (χ1) is 12.6. The van der Waals surface area contributed by atoms with Crippen molar-refractivity contribution in [3.8, 4) is 5.75 Å². The zero-order valence-electron chi connectivity index (χ0n) is 15.5. The van der Waals surface area contributed by atoms with Crippen LogP contribution in [-0.2, 0) is 9.59 Å². The van der Waals surface area contributed by atoms with Crippen LogP contribution in [0.3, 0.4) is 0 Å². The first kappa shape index (κ1) is 17.4. The van der Waals surface area contributed by atoms with E-state index in [-0.39, 0.29) is 17.9 Å². The Morgan fingerprint density at radius 3 is 2.58 bits per heavy atom. The fraction of sp³-hybridized carbons (Fsp3) is 0.619. The maximum atomic E-state index is 13.0. The van der Waals surface area contributed by atoms with Gasteiger partial charge >= 0.3 is 0 Å². The van der Waals surface area contributed by atoms with Gasteiger partial charge in [0.05, 0.1) is 0 Å². The highest BCUT2D eigenvalue weighted by molar-refractivity contribution is 5.82. The predicted molar refractivity (Wildman–Crippen MR) is 98.7 cm³/mol. The molecule has 26 heavy (non-hydrogen) atoms. The molecular formula is C21H28N2O3. The molecule has 2 heterocycles. The lowest BCUT2D eigenvalue weighted by atomic mass is 9.83. The van der Waals surface area contributed by atoms with Crippen molar-refractivity contribution < 1.29 is 14.3 Å². The summed E-state index contributed by atoms with van der Waals surface area (Å²) < 4.78 is 5.85. The minimum Gasteiger partial charge on any atom is -0.481 e. The summed E-state index contributed by atoms with van der Waals surface area (Å²) in [6.07, 6.45) is 4.65. The van der Waals surface area contributed by atoms with Gasteiger partial charge in [-0.05, 0) is 57.1 Å². The van der Waals surface area contributed by atoms with Gasteiger partial charge in [0.1, 0.15) is 5.75 Å². The van der Waals surface area contributed by atoms with Gasteiger partial charge in [0.15, 0.2) is 6.10 Å². The summed E-state index contributed by atoms with van der Waals surface area (Å²) in [5.74, 6) is 1.84. The van der Waals surface area contributed by atoms with Crippen LogP contribution in [0.1, 0.15) is 39.0 Å². The first-order valence-corrected chi connectivity index (χ1v) is 9.94. The molecule has 0 aromatic heterocycles. The summed E-state index contributed by atoms with van der Waals surface area (Å²) in [5.41, 5.74) is 0. The largest absolute Gasteiger partial charge is 0.481 e. The van der Waals surface area contributed by atoms with Crippen LogP contribution in [-0.4, -0.2) is 53.4 Å². The second-order valence-corrected chi connectivity index (χ2v) is 7.92. The van der Waals surface area contributed by atoms with Crippen molar-refractivity contribution in [2.45, 2.75) is 51.2 Å². The molecule has 140 valence electrons. The van der Waals surface area contributed by atoms with Crippen molar-refractivity contribution in [1.29, 1.82) is 0 Å². The van der Waals surface area contributed by atoms with Crippen molar-refractivity contribution in [2.24, 2.45) is 11.8 Å². The van der Waals surface area contributed by atoms with E-state index in [1.54, 1.807) is 0 Å². The number of hydrogen-bond acceptors (Lipinski definition) is 3. The zero-order chi connectivity index (χ0) is 18.1. The van der Waals surface area contributed by atoms with Gasteiger partial charge in [-0.15, -0.1) is 0 Å². The minimum atomic E-state index is -0.484. The lowest BCUT2D eigenvalue weighted by molar-refractivity contribution is -0.147. The van der Waals surface area contributed by atoms with Gasteiger partial charge in [-0.2, -0.15) is 0 Å². The summed E-state index contributed by atoms with van der Waals surface area (Å²) in [5, 5.41) is 0. The number of hydrogen-bond donors (Lipinski definition) is 0. The Bertz CT molecular complexity index is 658. The van der Waals surface area contributed by atoms with Gasteiger partial charge in [0.25, 0.3) is 5.91 Å². The molecule has 5 heteroatoms. The third-order valence-corrected chi connectivity index (χ3v) is 5.99. The summed E-state index contributed by atoms with van der Waals surface area (Å²) in [6.45, 7) is 4.25. The average Bonchev–Trinajstić information content (AvgIpc) is 3.52. The van der Waals surface area contributed by atoms with Crippen molar-refractivity contribution in [3.05, 3.63) is 30.3 Å². The molecule has 1 saturated carbocycles. The fourth-order valence-electron chi connectivity index (χ4n) is 4.45. The molecule has 2 saturated heterocycles. The van der Waals surface area contributed by atoms with Crippen LogP contribution in [0.5, 0.6) is 5.75 Å². The van der Waals surface area contributed by atoms with E-state index in [1.165, 1.54) is 0 Å². The molecular weight excluding hydrogens is 328 g/mol. The normalized spacial score (nSPS) is 26.8. The molecule has 1 aliphatic carbocycles. The Balaban J connectivity index is 1.39. The standard InChI is InChI=1S/C21H28N2O3/c1-15(26-18-7-3-2-4-8-18)20(24)23-12-5-6-17-14-22(13-11-19(17)23)21(25)16-9-10-16/h2-4,7-8,15-17,19H,5-6,9-14H2,1H3/t15-,17+,19-/m0/s1. The summed E-state index contributed by atoms with van der Waals surface area (Å²) in [7, 11) is 0. The van der Waals surface area contributed by atoms with Crippen molar-refractivity contribution >= 4 is 11.8 Å². The Morgan fingerprint density at radius 2 is 1.85 bits per heavy atom. The maximum absolute atomic E-state index is 13.0. The number of piperidine rings is 2. The van der Waals surface area contributed by atoms with Crippen LogP contribution < -0.4 is 4.74 Å². The van der Waals surface area contributed by atoms with Crippen LogP contribution in [0.15, 0.2) is 30.3 Å². The number of amides is 2. The second-order valence-electron chi connectivity index (χ2n) is 7.92. The van der Waals surface area contributed by atoms with E-state index in [9.17, 15) is 9.59 Å². The van der Waals surface area contributed by atoms with Crippen LogP contribution in [0.4, 0.5) is 0 Å². The number of rotatable bonds is 4. The smallest absolute Gasteiger partial charge is 0.263 e. The molecule has 2 aliphatic heterocycles. The second kappa shape index (κ2) is 7.29. The Kier molecular flexibility index (Phi) is 4.88. The monoisotopic (exact) mass is 356 g/mol. The van der Waals surface area contributed by atoms with Gasteiger partial charge in [0, 0.05) is 31.6 Å². The number of nitrogens with zero attached hydrogens (tertiary/aromatic N) is 2. The highest BCUT2D eigenvalue weighted by Gasteiger charge is 2.42. The summed E-state index contributed by atoms with van der Waals surface area (Å²) in [4.78, 5) is 29.5. The topological polar surface area (TPSA) is 49.9 Å². The van der Waals surface area contributed by atoms with E-state index >= 15 is 0 Å². The fourth-order valence-corrected chi connectivity index (χ4v) is 4.45. The Hall–Kier alpha value is -2.04. The number of fused-ring (bicyclic) bond motifs is 1. The maximum Gasteiger partial charge on any atom is 0.263 e. The molecule has 0 N–H and O–H groups in total. The highest BCUT2D eigenvalue weighted by atomic mass is 16.5. The molecule has 0 unspecified atom stereocenters. The third kappa shape index (κ3) is 3.57. The highest BCUT2D eigenvalue weighted by Crippen LogP contribution is 2.36. The van der Waals surface area contributed by atoms with Crippen molar-refractivity contribution in [3.63, 3.8) is 0 Å². The lowest BCUT2D eigenvalue weighted by Gasteiger charge is -2.47. The number of likely N-dealkylation sites (tertiary alicyclic amines) is 2. The third-order valence-electron chi connectivity index (χ3n) is 5.99. The molecule has 0 bridgehead atoms. The number of carbonyl (C=O) groups excluding carboxylic acids is 2. The van der Waals surface area contributed by atoms with E-state index < -0.39 is 6.10 Å². The number of benzene rings is 1. The van der Waals surface area contributed by atoms with E-state index in [1.807, 2.05) is 42.2 Å².